The molecule has 1 saturated heterocycles. The van der Waals surface area contributed by atoms with Crippen LogP contribution in [0.4, 0.5) is 10.7 Å². The molecule has 3 N–H and O–H groups in total. The van der Waals surface area contributed by atoms with E-state index in [0.717, 1.165) is 5.56 Å². The summed E-state index contributed by atoms with van der Waals surface area (Å²) in [5, 5.41) is 7.02. The Hall–Kier alpha value is -4.09. The number of benzene rings is 1. The molecule has 3 heterocycles. The number of anilines is 1. The van der Waals surface area contributed by atoms with Gasteiger partial charge in [-0.05, 0) is 17.7 Å². The standard InChI is InChI=1S/C20H24N8O4/c1-30-14-4-3-13(9-15(14)31-2)10-17-25-19(21)26-28(17)16-11-18(24-12-23-16)32-8-7-27-6-5-22-20(27)29/h3-4,9,11-12H,5-8,10H2,1-2H3,(H2,21,26)(H,22,29). The van der Waals surface area contributed by atoms with E-state index < -0.39 is 0 Å². The minimum atomic E-state index is -0.0881. The molecule has 1 aliphatic heterocycles. The second-order valence-electron chi connectivity index (χ2n) is 6.95. The van der Waals surface area contributed by atoms with Gasteiger partial charge in [-0.3, -0.25) is 0 Å². The molecule has 168 valence electrons. The maximum atomic E-state index is 11.6. The molecule has 1 aromatic carbocycles. The van der Waals surface area contributed by atoms with E-state index in [-0.39, 0.29) is 12.0 Å². The van der Waals surface area contributed by atoms with E-state index in [2.05, 4.69) is 25.4 Å². The maximum absolute atomic E-state index is 11.6. The van der Waals surface area contributed by atoms with Crippen molar-refractivity contribution in [2.75, 3.05) is 46.2 Å². The van der Waals surface area contributed by atoms with Crippen LogP contribution in [-0.4, -0.2) is 76.1 Å². The van der Waals surface area contributed by atoms with Crippen LogP contribution in [0.15, 0.2) is 30.6 Å². The van der Waals surface area contributed by atoms with Crippen molar-refractivity contribution in [3.05, 3.63) is 42.0 Å². The molecule has 0 atom stereocenters. The van der Waals surface area contributed by atoms with Crippen LogP contribution in [0.1, 0.15) is 11.4 Å². The molecule has 1 aliphatic rings. The summed E-state index contributed by atoms with van der Waals surface area (Å²) in [4.78, 5) is 26.0. The Balaban J connectivity index is 1.49. The summed E-state index contributed by atoms with van der Waals surface area (Å²) in [5.41, 5.74) is 6.80. The Bertz CT molecular complexity index is 1100. The number of nitrogen functional groups attached to an aromatic ring is 1. The fraction of sp³-hybridized carbons (Fsp3) is 0.350. The first kappa shape index (κ1) is 21.2. The molecule has 2 aromatic heterocycles. The molecule has 12 nitrogen and oxygen atoms in total. The minimum absolute atomic E-state index is 0.0881. The van der Waals surface area contributed by atoms with E-state index in [1.54, 1.807) is 29.9 Å². The molecular formula is C20H24N8O4. The van der Waals surface area contributed by atoms with Gasteiger partial charge in [-0.2, -0.15) is 9.67 Å². The quantitative estimate of drug-likeness (QED) is 0.490. The van der Waals surface area contributed by atoms with Gasteiger partial charge in [-0.15, -0.1) is 5.10 Å². The van der Waals surface area contributed by atoms with Crippen LogP contribution in [0.3, 0.4) is 0 Å². The van der Waals surface area contributed by atoms with Gasteiger partial charge in [0, 0.05) is 25.6 Å². The summed E-state index contributed by atoms with van der Waals surface area (Å²) in [6.45, 7) is 2.08. The minimum Gasteiger partial charge on any atom is -0.493 e. The van der Waals surface area contributed by atoms with Crippen molar-refractivity contribution in [2.45, 2.75) is 6.42 Å². The molecule has 0 saturated carbocycles. The van der Waals surface area contributed by atoms with Gasteiger partial charge in [-0.25, -0.2) is 14.8 Å². The predicted molar refractivity (Wildman–Crippen MR) is 114 cm³/mol. The molecule has 0 unspecified atom stereocenters. The normalized spacial score (nSPS) is 13.2. The van der Waals surface area contributed by atoms with Crippen molar-refractivity contribution in [3.8, 4) is 23.2 Å². The second kappa shape index (κ2) is 9.37. The van der Waals surface area contributed by atoms with Gasteiger partial charge in [0.05, 0.1) is 20.8 Å². The molecule has 3 aromatic rings. The topological polar surface area (TPSA) is 143 Å². The average molecular weight is 440 g/mol. The number of amides is 2. The zero-order valence-electron chi connectivity index (χ0n) is 17.8. The van der Waals surface area contributed by atoms with Crippen LogP contribution in [0.5, 0.6) is 17.4 Å². The molecule has 0 aliphatic carbocycles. The van der Waals surface area contributed by atoms with Gasteiger partial charge in [0.15, 0.2) is 17.3 Å². The lowest BCUT2D eigenvalue weighted by atomic mass is 10.1. The number of methoxy groups -OCH3 is 2. The van der Waals surface area contributed by atoms with E-state index in [4.69, 9.17) is 19.9 Å². The highest BCUT2D eigenvalue weighted by molar-refractivity contribution is 5.76. The Kier molecular flexibility index (Phi) is 6.19. The lowest BCUT2D eigenvalue weighted by molar-refractivity contribution is 0.201. The predicted octanol–water partition coefficient (Wildman–Crippen LogP) is 0.652. The number of nitrogens with two attached hydrogens (primary N) is 1. The van der Waals surface area contributed by atoms with Crippen molar-refractivity contribution in [1.82, 2.24) is 34.9 Å². The maximum Gasteiger partial charge on any atom is 0.317 e. The number of nitrogens with one attached hydrogen (secondary N) is 1. The van der Waals surface area contributed by atoms with Gasteiger partial charge in [-0.1, -0.05) is 6.07 Å². The average Bonchev–Trinajstić information content (AvgIpc) is 3.38. The molecule has 1 fully saturated rings. The van der Waals surface area contributed by atoms with Crippen LogP contribution in [0.2, 0.25) is 0 Å². The summed E-state index contributed by atoms with van der Waals surface area (Å²) in [5.74, 6) is 2.80. The highest BCUT2D eigenvalue weighted by Crippen LogP contribution is 2.28. The number of aromatic nitrogens is 5. The SMILES string of the molecule is COc1ccc(Cc2nc(N)nn2-c2cc(OCCN3CCNC3=O)ncn2)cc1OC. The Morgan fingerprint density at radius 3 is 2.75 bits per heavy atom. The fourth-order valence-corrected chi connectivity index (χ4v) is 3.34. The van der Waals surface area contributed by atoms with Gasteiger partial charge in [0.25, 0.3) is 0 Å². The molecular weight excluding hydrogens is 416 g/mol. The third kappa shape index (κ3) is 4.63. The van der Waals surface area contributed by atoms with Crippen molar-refractivity contribution in [1.29, 1.82) is 0 Å². The lowest BCUT2D eigenvalue weighted by Gasteiger charge is -2.14. The summed E-state index contributed by atoms with van der Waals surface area (Å²) in [6.07, 6.45) is 1.82. The molecule has 4 rings (SSSR count). The van der Waals surface area contributed by atoms with Crippen LogP contribution in [0.25, 0.3) is 5.82 Å². The summed E-state index contributed by atoms with van der Waals surface area (Å²) in [7, 11) is 3.17. The van der Waals surface area contributed by atoms with Gasteiger partial charge in [0.2, 0.25) is 11.8 Å². The third-order valence-corrected chi connectivity index (χ3v) is 4.90. The van der Waals surface area contributed by atoms with Crippen molar-refractivity contribution in [3.63, 3.8) is 0 Å². The van der Waals surface area contributed by atoms with E-state index in [0.29, 0.717) is 61.7 Å². The first-order valence-corrected chi connectivity index (χ1v) is 9.97. The number of hydrogen-bond acceptors (Lipinski definition) is 9. The number of hydrogen-bond donors (Lipinski definition) is 2. The first-order valence-electron chi connectivity index (χ1n) is 9.97. The number of ether oxygens (including phenoxy) is 3. The lowest BCUT2D eigenvalue weighted by Crippen LogP contribution is -2.31. The molecule has 0 radical (unpaired) electrons. The number of nitrogens with zero attached hydrogens (tertiary/aromatic N) is 6. The number of urea groups is 1. The Morgan fingerprint density at radius 1 is 1.16 bits per heavy atom. The van der Waals surface area contributed by atoms with Gasteiger partial charge in [0.1, 0.15) is 18.8 Å². The molecule has 2 amide bonds. The van der Waals surface area contributed by atoms with Crippen LogP contribution in [0, 0.1) is 0 Å². The summed E-state index contributed by atoms with van der Waals surface area (Å²) in [6, 6.07) is 7.18. The van der Waals surface area contributed by atoms with Crippen LogP contribution < -0.4 is 25.3 Å². The Morgan fingerprint density at radius 2 is 2.00 bits per heavy atom. The zero-order valence-corrected chi connectivity index (χ0v) is 17.8. The van der Waals surface area contributed by atoms with Crippen molar-refractivity contribution >= 4 is 12.0 Å². The smallest absolute Gasteiger partial charge is 0.317 e. The number of carbonyl (C=O) groups is 1. The Labute approximate surface area is 184 Å². The van der Waals surface area contributed by atoms with Crippen LogP contribution in [-0.2, 0) is 6.42 Å². The van der Waals surface area contributed by atoms with E-state index in [1.807, 2.05) is 18.2 Å². The van der Waals surface area contributed by atoms with E-state index in [9.17, 15) is 4.79 Å². The molecule has 12 heteroatoms. The van der Waals surface area contributed by atoms with Crippen LogP contribution >= 0.6 is 0 Å². The highest BCUT2D eigenvalue weighted by atomic mass is 16.5. The zero-order chi connectivity index (χ0) is 22.5. The highest BCUT2D eigenvalue weighted by Gasteiger charge is 2.19. The first-order chi connectivity index (χ1) is 15.6. The second-order valence-corrected chi connectivity index (χ2v) is 6.95. The van der Waals surface area contributed by atoms with Gasteiger partial charge >= 0.3 is 6.03 Å². The third-order valence-electron chi connectivity index (χ3n) is 4.90. The number of carbonyl (C=O) groups excluding carboxylic acids is 1. The molecule has 32 heavy (non-hydrogen) atoms. The largest absolute Gasteiger partial charge is 0.493 e. The monoisotopic (exact) mass is 440 g/mol. The number of rotatable bonds is 9. The summed E-state index contributed by atoms with van der Waals surface area (Å²) >= 11 is 0. The van der Waals surface area contributed by atoms with Crippen molar-refractivity contribution in [2.24, 2.45) is 0 Å². The summed E-state index contributed by atoms with van der Waals surface area (Å²) < 4.78 is 17.9. The fourth-order valence-electron chi connectivity index (χ4n) is 3.34. The molecule has 0 spiro atoms. The molecule has 0 bridgehead atoms. The van der Waals surface area contributed by atoms with Gasteiger partial charge < -0.3 is 30.2 Å². The van der Waals surface area contributed by atoms with E-state index >= 15 is 0 Å². The van der Waals surface area contributed by atoms with Crippen molar-refractivity contribution < 1.29 is 19.0 Å². The van der Waals surface area contributed by atoms with E-state index in [1.165, 1.54) is 6.33 Å².